The first-order valence-electron chi connectivity index (χ1n) is 10.8. The van der Waals surface area contributed by atoms with Gasteiger partial charge in [-0.2, -0.15) is 0 Å². The summed E-state index contributed by atoms with van der Waals surface area (Å²) in [7, 11) is 0. The predicted molar refractivity (Wildman–Crippen MR) is 126 cm³/mol. The van der Waals surface area contributed by atoms with Crippen molar-refractivity contribution < 1.29 is 14.0 Å². The molecule has 32 heavy (non-hydrogen) atoms. The summed E-state index contributed by atoms with van der Waals surface area (Å²) in [6.07, 6.45) is 3.52. The van der Waals surface area contributed by atoms with Crippen molar-refractivity contribution in [2.75, 3.05) is 28.6 Å². The van der Waals surface area contributed by atoms with Gasteiger partial charge in [0.1, 0.15) is 5.82 Å². The monoisotopic (exact) mass is 431 g/mol. The minimum absolute atomic E-state index is 0.0442. The van der Waals surface area contributed by atoms with E-state index in [1.165, 1.54) is 24.6 Å². The minimum atomic E-state index is -0.592. The first kappa shape index (κ1) is 21.6. The molecule has 3 aromatic carbocycles. The number of amides is 2. The Balaban J connectivity index is 1.53. The van der Waals surface area contributed by atoms with Gasteiger partial charge in [-0.15, -0.1) is 0 Å². The zero-order chi connectivity index (χ0) is 22.5. The van der Waals surface area contributed by atoms with E-state index in [-0.39, 0.29) is 11.5 Å². The average molecular weight is 432 g/mol. The summed E-state index contributed by atoms with van der Waals surface area (Å²) >= 11 is 0. The lowest BCUT2D eigenvalue weighted by atomic mass is 10.1. The summed E-state index contributed by atoms with van der Waals surface area (Å²) in [5, 5.41) is 5.73. The summed E-state index contributed by atoms with van der Waals surface area (Å²) in [5.74, 6) is -1.42. The largest absolute Gasteiger partial charge is 0.370 e. The second-order valence-electron chi connectivity index (χ2n) is 7.98. The van der Waals surface area contributed by atoms with Crippen molar-refractivity contribution >= 4 is 28.9 Å². The van der Waals surface area contributed by atoms with Crippen LogP contribution in [0.2, 0.25) is 0 Å². The Kier molecular flexibility index (Phi) is 6.50. The molecule has 0 unspecified atom stereocenters. The van der Waals surface area contributed by atoms with Crippen LogP contribution in [0, 0.1) is 12.7 Å². The van der Waals surface area contributed by atoms with E-state index >= 15 is 0 Å². The van der Waals surface area contributed by atoms with Crippen molar-refractivity contribution in [2.24, 2.45) is 0 Å². The van der Waals surface area contributed by atoms with Crippen LogP contribution in [0.25, 0.3) is 0 Å². The molecule has 2 N–H and O–H groups in total. The Morgan fingerprint density at radius 3 is 2.28 bits per heavy atom. The van der Waals surface area contributed by atoms with Gasteiger partial charge in [0.2, 0.25) is 0 Å². The molecule has 5 nitrogen and oxygen atoms in total. The number of nitrogens with zero attached hydrogens (tertiary/aromatic N) is 1. The second kappa shape index (κ2) is 9.64. The van der Waals surface area contributed by atoms with E-state index in [1.807, 2.05) is 31.2 Å². The fraction of sp³-hybridized carbons (Fsp3) is 0.231. The molecule has 0 aromatic heterocycles. The van der Waals surface area contributed by atoms with Crippen LogP contribution in [0.1, 0.15) is 45.5 Å². The molecular weight excluding hydrogens is 405 g/mol. The summed E-state index contributed by atoms with van der Waals surface area (Å²) in [5.41, 5.74) is 3.39. The van der Waals surface area contributed by atoms with E-state index in [2.05, 4.69) is 15.5 Å². The molecule has 6 heteroatoms. The number of carbonyl (C=O) groups excluding carboxylic acids is 2. The Labute approximate surface area is 187 Å². The standard InChI is InChI=1S/C26H26FN3O2/c1-18-13-14-19(17-23(18)29-26(32)20-9-3-4-10-21(20)27)25(31)28-22-11-5-6-12-24(22)30-15-7-2-8-16-30/h3-6,9-14,17H,2,7-8,15-16H2,1H3,(H,28,31)(H,29,32). The summed E-state index contributed by atoms with van der Waals surface area (Å²) in [6.45, 7) is 3.78. The molecule has 0 radical (unpaired) electrons. The van der Waals surface area contributed by atoms with E-state index in [4.69, 9.17) is 0 Å². The zero-order valence-corrected chi connectivity index (χ0v) is 18.0. The molecule has 164 valence electrons. The van der Waals surface area contributed by atoms with Crippen LogP contribution in [0.3, 0.4) is 0 Å². The van der Waals surface area contributed by atoms with Gasteiger partial charge in [-0.05, 0) is 68.1 Å². The quantitative estimate of drug-likeness (QED) is 0.550. The highest BCUT2D eigenvalue weighted by molar-refractivity contribution is 6.08. The third-order valence-electron chi connectivity index (χ3n) is 5.72. The summed E-state index contributed by atoms with van der Waals surface area (Å²) in [4.78, 5) is 27.8. The summed E-state index contributed by atoms with van der Waals surface area (Å²) in [6, 6.07) is 18.7. The highest BCUT2D eigenvalue weighted by Crippen LogP contribution is 2.29. The number of piperidine rings is 1. The van der Waals surface area contributed by atoms with Gasteiger partial charge in [0, 0.05) is 24.3 Å². The number of anilines is 3. The molecule has 0 saturated carbocycles. The minimum Gasteiger partial charge on any atom is -0.370 e. The van der Waals surface area contributed by atoms with Crippen molar-refractivity contribution in [1.29, 1.82) is 0 Å². The maximum Gasteiger partial charge on any atom is 0.258 e. The number of aryl methyl sites for hydroxylation is 1. The number of para-hydroxylation sites is 2. The zero-order valence-electron chi connectivity index (χ0n) is 18.0. The molecule has 3 aromatic rings. The lowest BCUT2D eigenvalue weighted by Gasteiger charge is -2.30. The van der Waals surface area contributed by atoms with Gasteiger partial charge >= 0.3 is 0 Å². The van der Waals surface area contributed by atoms with E-state index < -0.39 is 11.7 Å². The van der Waals surface area contributed by atoms with Crippen LogP contribution >= 0.6 is 0 Å². The highest BCUT2D eigenvalue weighted by atomic mass is 19.1. The fourth-order valence-electron chi connectivity index (χ4n) is 3.92. The van der Waals surface area contributed by atoms with E-state index in [9.17, 15) is 14.0 Å². The molecule has 1 fully saturated rings. The van der Waals surface area contributed by atoms with Crippen molar-refractivity contribution in [3.8, 4) is 0 Å². The van der Waals surface area contributed by atoms with Gasteiger partial charge in [0.25, 0.3) is 11.8 Å². The van der Waals surface area contributed by atoms with Crippen molar-refractivity contribution in [3.05, 3.63) is 89.2 Å². The van der Waals surface area contributed by atoms with Crippen LogP contribution in [-0.2, 0) is 0 Å². The molecule has 0 spiro atoms. The lowest BCUT2D eigenvalue weighted by Crippen LogP contribution is -2.30. The number of carbonyl (C=O) groups is 2. The van der Waals surface area contributed by atoms with Gasteiger partial charge in [-0.3, -0.25) is 9.59 Å². The molecule has 0 bridgehead atoms. The van der Waals surface area contributed by atoms with Gasteiger partial charge < -0.3 is 15.5 Å². The van der Waals surface area contributed by atoms with Gasteiger partial charge in [-0.25, -0.2) is 4.39 Å². The topological polar surface area (TPSA) is 61.4 Å². The molecule has 0 aliphatic carbocycles. The summed E-state index contributed by atoms with van der Waals surface area (Å²) < 4.78 is 14.0. The molecule has 1 saturated heterocycles. The van der Waals surface area contributed by atoms with Gasteiger partial charge in [0.05, 0.1) is 16.9 Å². The number of nitrogens with one attached hydrogen (secondary N) is 2. The Hall–Kier alpha value is -3.67. The third kappa shape index (κ3) is 4.80. The normalized spacial score (nSPS) is 13.5. The SMILES string of the molecule is Cc1ccc(C(=O)Nc2ccccc2N2CCCCC2)cc1NC(=O)c1ccccc1F. The van der Waals surface area contributed by atoms with Crippen molar-refractivity contribution in [1.82, 2.24) is 0 Å². The fourth-order valence-corrected chi connectivity index (χ4v) is 3.92. The first-order chi connectivity index (χ1) is 15.5. The van der Waals surface area contributed by atoms with Gasteiger partial charge in [0.15, 0.2) is 0 Å². The number of hydrogen-bond acceptors (Lipinski definition) is 3. The smallest absolute Gasteiger partial charge is 0.258 e. The predicted octanol–water partition coefficient (Wildman–Crippen LogP) is 5.63. The van der Waals surface area contributed by atoms with Crippen LogP contribution in [-0.4, -0.2) is 24.9 Å². The molecule has 2 amide bonds. The van der Waals surface area contributed by atoms with Crippen LogP contribution < -0.4 is 15.5 Å². The first-order valence-corrected chi connectivity index (χ1v) is 10.8. The van der Waals surface area contributed by atoms with E-state index in [0.29, 0.717) is 11.3 Å². The van der Waals surface area contributed by atoms with Crippen LogP contribution in [0.15, 0.2) is 66.7 Å². The maximum absolute atomic E-state index is 14.0. The second-order valence-corrected chi connectivity index (χ2v) is 7.98. The van der Waals surface area contributed by atoms with Crippen molar-refractivity contribution in [2.45, 2.75) is 26.2 Å². The molecular formula is C26H26FN3O2. The van der Waals surface area contributed by atoms with Gasteiger partial charge in [-0.1, -0.05) is 30.3 Å². The highest BCUT2D eigenvalue weighted by Gasteiger charge is 2.17. The molecule has 4 rings (SSSR count). The Morgan fingerprint density at radius 1 is 0.812 bits per heavy atom. The third-order valence-corrected chi connectivity index (χ3v) is 5.72. The Morgan fingerprint density at radius 2 is 1.50 bits per heavy atom. The van der Waals surface area contributed by atoms with E-state index in [1.54, 1.807) is 24.3 Å². The number of hydrogen-bond donors (Lipinski definition) is 2. The molecule has 1 aliphatic rings. The molecule has 1 heterocycles. The van der Waals surface area contributed by atoms with Crippen LogP contribution in [0.5, 0.6) is 0 Å². The molecule has 0 atom stereocenters. The Bertz CT molecular complexity index is 1140. The average Bonchev–Trinajstić information content (AvgIpc) is 2.81. The van der Waals surface area contributed by atoms with Crippen LogP contribution in [0.4, 0.5) is 21.5 Å². The molecule has 1 aliphatic heterocycles. The lowest BCUT2D eigenvalue weighted by molar-refractivity contribution is 0.101. The number of benzene rings is 3. The maximum atomic E-state index is 14.0. The number of rotatable bonds is 5. The van der Waals surface area contributed by atoms with E-state index in [0.717, 1.165) is 42.9 Å². The van der Waals surface area contributed by atoms with Crippen molar-refractivity contribution in [3.63, 3.8) is 0 Å². The number of halogens is 1.